The second-order valence-corrected chi connectivity index (χ2v) is 6.15. The number of carbonyl (C=O) groups excluding carboxylic acids is 1. The molecule has 2 heteroatoms. The van der Waals surface area contributed by atoms with Crippen LogP contribution in [0.1, 0.15) is 47.0 Å². The van der Waals surface area contributed by atoms with Crippen LogP contribution in [0.5, 0.6) is 0 Å². The number of esters is 1. The van der Waals surface area contributed by atoms with Crippen molar-refractivity contribution in [2.24, 2.45) is 17.3 Å². The Morgan fingerprint density at radius 2 is 2.06 bits per heavy atom. The van der Waals surface area contributed by atoms with E-state index in [9.17, 15) is 4.79 Å². The van der Waals surface area contributed by atoms with Gasteiger partial charge in [0.25, 0.3) is 0 Å². The third-order valence-corrected chi connectivity index (χ3v) is 4.11. The lowest BCUT2D eigenvalue weighted by Crippen LogP contribution is -2.32. The van der Waals surface area contributed by atoms with Crippen molar-refractivity contribution in [1.82, 2.24) is 0 Å². The van der Waals surface area contributed by atoms with Crippen LogP contribution in [0.25, 0.3) is 0 Å². The molecule has 2 nitrogen and oxygen atoms in total. The lowest BCUT2D eigenvalue weighted by molar-refractivity contribution is -0.134. The second kappa shape index (κ2) is 6.21. The predicted molar refractivity (Wildman–Crippen MR) is 75.2 cm³/mol. The summed E-state index contributed by atoms with van der Waals surface area (Å²) in [6.45, 7) is 8.96. The summed E-state index contributed by atoms with van der Waals surface area (Å²) in [6, 6.07) is 0. The predicted octanol–water partition coefficient (Wildman–Crippen LogP) is 4.12. The van der Waals surface area contributed by atoms with Crippen LogP contribution in [0, 0.1) is 17.3 Å². The van der Waals surface area contributed by atoms with Crippen LogP contribution in [0.15, 0.2) is 23.8 Å². The van der Waals surface area contributed by atoms with E-state index >= 15 is 0 Å². The van der Waals surface area contributed by atoms with Gasteiger partial charge in [-0.25, -0.2) is 4.79 Å². The first-order chi connectivity index (χ1) is 8.36. The summed E-state index contributed by atoms with van der Waals surface area (Å²) < 4.78 is 4.63. The van der Waals surface area contributed by atoms with Crippen LogP contribution in [-0.2, 0) is 9.53 Å². The highest BCUT2D eigenvalue weighted by Gasteiger charge is 2.34. The molecule has 0 saturated heterocycles. The van der Waals surface area contributed by atoms with Crippen molar-refractivity contribution in [3.8, 4) is 0 Å². The molecule has 1 saturated carbocycles. The van der Waals surface area contributed by atoms with Crippen LogP contribution in [0.4, 0.5) is 0 Å². The van der Waals surface area contributed by atoms with Gasteiger partial charge in [0, 0.05) is 6.08 Å². The molecular formula is C16H26O2. The summed E-state index contributed by atoms with van der Waals surface area (Å²) in [5.41, 5.74) is 1.31. The number of carbonyl (C=O) groups is 1. The Kier molecular flexibility index (Phi) is 5.18. The van der Waals surface area contributed by atoms with Crippen LogP contribution in [-0.4, -0.2) is 13.1 Å². The zero-order chi connectivity index (χ0) is 13.8. The first kappa shape index (κ1) is 15.0. The third-order valence-electron chi connectivity index (χ3n) is 4.11. The van der Waals surface area contributed by atoms with Crippen LogP contribution < -0.4 is 0 Å². The molecule has 1 rings (SSSR count). The molecule has 0 spiro atoms. The van der Waals surface area contributed by atoms with Gasteiger partial charge in [0.15, 0.2) is 0 Å². The third kappa shape index (κ3) is 4.01. The number of hydrogen-bond acceptors (Lipinski definition) is 2. The van der Waals surface area contributed by atoms with Gasteiger partial charge >= 0.3 is 5.97 Å². The first-order valence-corrected chi connectivity index (χ1v) is 6.81. The fraction of sp³-hybridized carbons (Fsp3) is 0.688. The van der Waals surface area contributed by atoms with Gasteiger partial charge in [0.1, 0.15) is 0 Å². The Bertz CT molecular complexity index is 350. The van der Waals surface area contributed by atoms with E-state index in [-0.39, 0.29) is 5.97 Å². The number of rotatable bonds is 3. The smallest absolute Gasteiger partial charge is 0.330 e. The number of methoxy groups -OCH3 is 1. The lowest BCUT2D eigenvalue weighted by atomic mass is 9.64. The molecule has 0 radical (unpaired) electrons. The highest BCUT2D eigenvalue weighted by Crippen LogP contribution is 2.44. The van der Waals surface area contributed by atoms with E-state index in [2.05, 4.69) is 37.7 Å². The SMILES string of the molecule is COC(=O)/C=C(C)/C=C/[C@H]1[C@H](C)CCCC1(C)C. The van der Waals surface area contributed by atoms with E-state index in [1.54, 1.807) is 0 Å². The molecule has 0 aliphatic heterocycles. The molecule has 0 unspecified atom stereocenters. The van der Waals surface area contributed by atoms with E-state index in [0.29, 0.717) is 11.3 Å². The Morgan fingerprint density at radius 3 is 2.61 bits per heavy atom. The summed E-state index contributed by atoms with van der Waals surface area (Å²) >= 11 is 0. The van der Waals surface area contributed by atoms with Gasteiger partial charge in [0.2, 0.25) is 0 Å². The van der Waals surface area contributed by atoms with Gasteiger partial charge in [-0.15, -0.1) is 0 Å². The normalized spacial score (nSPS) is 28.4. The molecule has 2 atom stereocenters. The van der Waals surface area contributed by atoms with E-state index in [1.807, 2.05) is 6.92 Å². The van der Waals surface area contributed by atoms with Gasteiger partial charge in [-0.3, -0.25) is 0 Å². The van der Waals surface area contributed by atoms with Crippen LogP contribution >= 0.6 is 0 Å². The molecule has 0 amide bonds. The molecule has 0 bridgehead atoms. The van der Waals surface area contributed by atoms with Crippen molar-refractivity contribution in [2.45, 2.75) is 47.0 Å². The fourth-order valence-electron chi connectivity index (χ4n) is 2.99. The molecule has 0 heterocycles. The van der Waals surface area contributed by atoms with Crippen molar-refractivity contribution in [2.75, 3.05) is 7.11 Å². The highest BCUT2D eigenvalue weighted by atomic mass is 16.5. The standard InChI is InChI=1S/C16H26O2/c1-12(11-15(17)18-5)8-9-14-13(2)7-6-10-16(14,3)4/h8-9,11,13-14H,6-7,10H2,1-5H3/b9-8+,12-11+/t13-,14+/m1/s1. The molecule has 0 aromatic carbocycles. The Morgan fingerprint density at radius 1 is 1.39 bits per heavy atom. The molecule has 0 aromatic heterocycles. The largest absolute Gasteiger partial charge is 0.466 e. The summed E-state index contributed by atoms with van der Waals surface area (Å²) in [4.78, 5) is 11.1. The maximum atomic E-state index is 11.1. The molecule has 102 valence electrons. The van der Waals surface area contributed by atoms with Crippen molar-refractivity contribution in [1.29, 1.82) is 0 Å². The van der Waals surface area contributed by atoms with E-state index in [1.165, 1.54) is 32.4 Å². The quantitative estimate of drug-likeness (QED) is 0.428. The topological polar surface area (TPSA) is 26.3 Å². The first-order valence-electron chi connectivity index (χ1n) is 6.81. The highest BCUT2D eigenvalue weighted by molar-refractivity contribution is 5.83. The number of hydrogen-bond donors (Lipinski definition) is 0. The fourth-order valence-corrected chi connectivity index (χ4v) is 2.99. The minimum absolute atomic E-state index is 0.284. The number of ether oxygens (including phenoxy) is 1. The minimum Gasteiger partial charge on any atom is -0.466 e. The molecular weight excluding hydrogens is 224 g/mol. The Hall–Kier alpha value is -1.05. The van der Waals surface area contributed by atoms with Gasteiger partial charge in [0.05, 0.1) is 7.11 Å². The minimum atomic E-state index is -0.284. The number of allylic oxidation sites excluding steroid dienone is 3. The van der Waals surface area contributed by atoms with E-state index < -0.39 is 0 Å². The average Bonchev–Trinajstić information content (AvgIpc) is 2.27. The summed E-state index contributed by atoms with van der Waals surface area (Å²) in [6.07, 6.45) is 9.79. The molecule has 0 aromatic rings. The van der Waals surface area contributed by atoms with Gasteiger partial charge in [-0.05, 0) is 36.2 Å². The Labute approximate surface area is 111 Å². The maximum Gasteiger partial charge on any atom is 0.330 e. The van der Waals surface area contributed by atoms with E-state index in [0.717, 1.165) is 11.5 Å². The zero-order valence-electron chi connectivity index (χ0n) is 12.3. The molecule has 0 N–H and O–H groups in total. The van der Waals surface area contributed by atoms with Crippen molar-refractivity contribution in [3.63, 3.8) is 0 Å². The molecule has 1 fully saturated rings. The van der Waals surface area contributed by atoms with Gasteiger partial charge in [-0.2, -0.15) is 0 Å². The maximum absolute atomic E-state index is 11.1. The Balaban J connectivity index is 2.75. The van der Waals surface area contributed by atoms with Crippen LogP contribution in [0.2, 0.25) is 0 Å². The van der Waals surface area contributed by atoms with Crippen molar-refractivity contribution < 1.29 is 9.53 Å². The van der Waals surface area contributed by atoms with E-state index in [4.69, 9.17) is 0 Å². The van der Waals surface area contributed by atoms with Crippen LogP contribution in [0.3, 0.4) is 0 Å². The van der Waals surface area contributed by atoms with Crippen molar-refractivity contribution in [3.05, 3.63) is 23.8 Å². The summed E-state index contributed by atoms with van der Waals surface area (Å²) in [7, 11) is 1.40. The monoisotopic (exact) mass is 250 g/mol. The molecule has 1 aliphatic rings. The summed E-state index contributed by atoms with van der Waals surface area (Å²) in [5.74, 6) is 1.02. The van der Waals surface area contributed by atoms with Crippen molar-refractivity contribution >= 4 is 5.97 Å². The second-order valence-electron chi connectivity index (χ2n) is 6.15. The van der Waals surface area contributed by atoms with Gasteiger partial charge in [-0.1, -0.05) is 45.8 Å². The molecule has 1 aliphatic carbocycles. The summed E-state index contributed by atoms with van der Waals surface area (Å²) in [5, 5.41) is 0. The molecule has 18 heavy (non-hydrogen) atoms. The zero-order valence-corrected chi connectivity index (χ0v) is 12.3. The lowest BCUT2D eigenvalue weighted by Gasteiger charge is -2.41. The average molecular weight is 250 g/mol. The van der Waals surface area contributed by atoms with Gasteiger partial charge < -0.3 is 4.74 Å².